The number of rotatable bonds is 41. The number of ether oxygens (including phenoxy) is 4. The van der Waals surface area contributed by atoms with E-state index in [9.17, 15) is 0 Å². The van der Waals surface area contributed by atoms with Gasteiger partial charge in [0.25, 0.3) is 0 Å². The second kappa shape index (κ2) is 47.4. The van der Waals surface area contributed by atoms with Crippen LogP contribution in [0.25, 0.3) is 55.0 Å². The molecule has 794 valence electrons. The van der Waals surface area contributed by atoms with E-state index in [4.69, 9.17) is 42.2 Å². The van der Waals surface area contributed by atoms with E-state index in [1.165, 1.54) is 133 Å². The van der Waals surface area contributed by atoms with E-state index >= 15 is 0 Å². The molecule has 4 fully saturated rings. The molecule has 0 radical (unpaired) electrons. The molecule has 4 saturated heterocycles. The fourth-order valence-corrected chi connectivity index (χ4v) is 54.3. The first-order valence-electron chi connectivity index (χ1n) is 57.0. The molecule has 2 atom stereocenters. The van der Waals surface area contributed by atoms with E-state index in [2.05, 4.69) is 375 Å². The molecule has 0 saturated carbocycles. The van der Waals surface area contributed by atoms with Crippen molar-refractivity contribution in [3.8, 4) is 22.9 Å². The molecule has 12 rings (SSSR count). The number of aromatic nitrogens is 2. The van der Waals surface area contributed by atoms with Crippen LogP contribution in [0.4, 0.5) is 0 Å². The van der Waals surface area contributed by atoms with E-state index in [0.717, 1.165) is 80.6 Å². The Morgan fingerprint density at radius 3 is 0.873 bits per heavy atom. The molecule has 2 unspecified atom stereocenters. The summed E-state index contributed by atoms with van der Waals surface area (Å²) in [5.41, 5.74) is 9.57. The Bertz CT molecular complexity index is 5070. The first-order chi connectivity index (χ1) is 65.6. The second-order valence-corrected chi connectivity index (χ2v) is 74.3. The van der Waals surface area contributed by atoms with Crippen LogP contribution in [0.5, 0.6) is 11.5 Å². The fourth-order valence-electron chi connectivity index (χ4n) is 27.2. The van der Waals surface area contributed by atoms with Gasteiger partial charge in [-0.25, -0.2) is 0 Å². The highest BCUT2D eigenvalue weighted by atomic mass is 28.3. The van der Waals surface area contributed by atoms with Gasteiger partial charge in [-0.3, -0.25) is 0 Å². The van der Waals surface area contributed by atoms with Gasteiger partial charge < -0.3 is 51.4 Å². The third-order valence-corrected chi connectivity index (χ3v) is 56.8. The van der Waals surface area contributed by atoms with Crippen molar-refractivity contribution in [3.05, 3.63) is 114 Å². The zero-order valence-corrected chi connectivity index (χ0v) is 103. The Morgan fingerprint density at radius 1 is 0.324 bits per heavy atom. The summed E-state index contributed by atoms with van der Waals surface area (Å²) in [6.45, 7) is 105. The van der Waals surface area contributed by atoms with Crippen LogP contribution in [-0.4, -0.2) is 110 Å². The van der Waals surface area contributed by atoms with E-state index in [0.29, 0.717) is 77.6 Å². The number of fused-ring (bicyclic) bond motifs is 6. The highest BCUT2D eigenvalue weighted by Gasteiger charge is 2.56. The van der Waals surface area contributed by atoms with Gasteiger partial charge >= 0.3 is 14.4 Å². The van der Waals surface area contributed by atoms with E-state index < -0.39 is 57.9 Å². The van der Waals surface area contributed by atoms with Crippen molar-refractivity contribution in [1.82, 2.24) is 9.13 Å². The van der Waals surface area contributed by atoms with Gasteiger partial charge in [0.05, 0.1) is 101 Å². The third-order valence-electron chi connectivity index (χ3n) is 31.5. The molecule has 11 nitrogen and oxygen atoms in total. The molecule has 2 aromatic heterocycles. The first-order valence-corrected chi connectivity index (χ1v) is 67.5. The summed E-state index contributed by atoms with van der Waals surface area (Å²) in [5, 5.41) is 11.9. The van der Waals surface area contributed by atoms with Crippen LogP contribution in [-0.2, 0) is 43.6 Å². The molecule has 0 bridgehead atoms. The van der Waals surface area contributed by atoms with Crippen molar-refractivity contribution >= 4 is 117 Å². The fraction of sp³-hybridized carbons (Fsp3) is 0.712. The lowest BCUT2D eigenvalue weighted by Crippen LogP contribution is -2.50. The molecular weight excluding hydrogens is 1810 g/mol. The standard InChI is InChI=1S/C61H100BNO4Si2.C55H89NO2Si2.C9H19BO3/c1-41(2)34-68(35-42(3)4,36-43(5)6)48-25-27-50-51-28-26-49(69(37-44(7)8,38-45(9)10)39-46(11)12)33-54(51)63(53(50)32-48)55-31-47(59(16,17)40-58(13,14)15)30-52(57(55)65-56-24-22-23-29-64-56)62-66-60(18,19)61(20,21)67-62;1-38(2)31-59(32-39(3)4,33-40(5)6)45-22-24-47-48-25-23-46(60(34-41(7)8,35-42(9)10)36-43(11)12)30-50(48)56(49(47)29-45)51-28-44(55(16,17)37-54(13,14)15)21-26-52(51)58-53-20-18-19-27-57-53;1-7(2)11-10-12-8(3,4)9(5,6)13-10/h25-28,30-33,41-46,56H,22-24,29,34-40H2,1-21H3;21-26,28-30,38-43,53H,18-20,27,31-37H2,1-17H3;7H,1-6H3. The molecule has 6 heterocycles. The molecule has 8 aromatic rings. The van der Waals surface area contributed by atoms with Crippen LogP contribution in [0.1, 0.15) is 367 Å². The Hall–Kier alpha value is -4.76. The largest absolute Gasteiger partial charge is 0.640 e. The van der Waals surface area contributed by atoms with Crippen LogP contribution in [0.15, 0.2) is 103 Å². The smallest absolute Gasteiger partial charge is 0.463 e. The summed E-state index contributed by atoms with van der Waals surface area (Å²) in [5.74, 6) is 9.50. The Balaban J connectivity index is 0.000000260. The average Bonchev–Trinajstić information content (AvgIpc) is 1.55. The Morgan fingerprint density at radius 2 is 0.599 bits per heavy atom. The quantitative estimate of drug-likeness (QED) is 0.0347. The predicted molar refractivity (Wildman–Crippen MR) is 630 cm³/mol. The van der Waals surface area contributed by atoms with Crippen molar-refractivity contribution in [2.45, 2.75) is 480 Å². The van der Waals surface area contributed by atoms with Gasteiger partial charge in [0.2, 0.25) is 0 Å². The number of benzene rings is 6. The summed E-state index contributed by atoms with van der Waals surface area (Å²) in [6, 6.07) is 59.1. The minimum Gasteiger partial charge on any atom is -0.463 e. The van der Waals surface area contributed by atoms with Gasteiger partial charge in [-0.15, -0.1) is 0 Å². The van der Waals surface area contributed by atoms with Gasteiger partial charge in [0.15, 0.2) is 12.6 Å². The van der Waals surface area contributed by atoms with Gasteiger partial charge in [0, 0.05) is 46.0 Å². The van der Waals surface area contributed by atoms with Crippen molar-refractivity contribution in [2.24, 2.45) is 81.8 Å². The summed E-state index contributed by atoms with van der Waals surface area (Å²) in [4.78, 5) is 0. The lowest BCUT2D eigenvalue weighted by atomic mass is 9.69. The predicted octanol–water partition coefficient (Wildman–Crippen LogP) is 33.6. The van der Waals surface area contributed by atoms with Gasteiger partial charge in [-0.2, -0.15) is 0 Å². The number of hydrogen-bond acceptors (Lipinski definition) is 9. The zero-order valence-electron chi connectivity index (χ0n) is 99.3. The number of nitrogens with zero attached hydrogens (tertiary/aromatic N) is 2. The van der Waals surface area contributed by atoms with Crippen molar-refractivity contribution in [1.29, 1.82) is 0 Å². The number of hydrogen-bond donors (Lipinski definition) is 0. The van der Waals surface area contributed by atoms with Crippen molar-refractivity contribution in [3.63, 3.8) is 0 Å². The van der Waals surface area contributed by atoms with Gasteiger partial charge in [-0.1, -0.05) is 389 Å². The molecular formula is C125H208B2N2O9Si4. The maximum Gasteiger partial charge on any atom is 0.640 e. The molecule has 0 aliphatic carbocycles. The third kappa shape index (κ3) is 29.7. The Kier molecular flexibility index (Phi) is 39.8. The van der Waals surface area contributed by atoms with Gasteiger partial charge in [-0.05, 0) is 254 Å². The molecule has 142 heavy (non-hydrogen) atoms. The Labute approximate surface area is 874 Å². The molecule has 4 aliphatic heterocycles. The minimum atomic E-state index is -2.03. The minimum absolute atomic E-state index is 0.0241. The molecule has 0 amide bonds. The summed E-state index contributed by atoms with van der Waals surface area (Å²) in [7, 11) is -9.04. The average molecular weight is 2020 g/mol. The SMILES string of the molecule is CC(C)C[Si](CC(C)C)(CC(C)C)c1ccc2c3ccc([Si](CC(C)C)(CC(C)C)CC(C)C)cc3n(-c3cc(C(C)(C)CC(C)(C)C)cc(B4OC(C)(C)C(C)(C)O4)c3OC3CCCCO3)c2c1.CC(C)C[Si](CC(C)C)(CC(C)C)c1ccc2c3ccc([Si](CC(C)C)(CC(C)C)CC(C)C)cc3n(-c3cc(C(C)(C)CC(C)(C)C)ccc3OC3CCCCO3)c2c1.CC(C)OB1OC(C)(C)C(C)(C)O1. The first kappa shape index (κ1) is 119. The van der Waals surface area contributed by atoms with Crippen LogP contribution in [0.3, 0.4) is 0 Å². The van der Waals surface area contributed by atoms with Crippen LogP contribution < -0.4 is 35.7 Å². The summed E-state index contributed by atoms with van der Waals surface area (Å²) >= 11 is 0. The zero-order chi connectivity index (χ0) is 106. The summed E-state index contributed by atoms with van der Waals surface area (Å²) in [6.07, 6.45) is 7.79. The molecule has 0 N–H and O–H groups in total. The van der Waals surface area contributed by atoms with Crippen LogP contribution in [0.2, 0.25) is 72.5 Å². The molecule has 4 aliphatic rings. The van der Waals surface area contributed by atoms with E-state index in [-0.39, 0.29) is 51.5 Å². The van der Waals surface area contributed by atoms with Crippen molar-refractivity contribution in [2.75, 3.05) is 13.2 Å². The second-order valence-electron chi connectivity index (χ2n) is 56.9. The molecule has 6 aromatic carbocycles. The normalized spacial score (nSPS) is 18.2. The van der Waals surface area contributed by atoms with Gasteiger partial charge in [0.1, 0.15) is 11.5 Å². The maximum atomic E-state index is 7.48. The lowest BCUT2D eigenvalue weighted by molar-refractivity contribution is -0.106. The molecule has 17 heteroatoms. The van der Waals surface area contributed by atoms with E-state index in [1.54, 1.807) is 20.7 Å². The van der Waals surface area contributed by atoms with E-state index in [1.807, 2.05) is 41.5 Å². The topological polar surface area (TPSA) is 92.9 Å². The summed E-state index contributed by atoms with van der Waals surface area (Å²) < 4.78 is 63.7. The van der Waals surface area contributed by atoms with Crippen molar-refractivity contribution < 1.29 is 42.2 Å². The highest BCUT2D eigenvalue weighted by Crippen LogP contribution is 2.50. The van der Waals surface area contributed by atoms with Crippen LogP contribution in [0, 0.1) is 81.8 Å². The maximum absolute atomic E-state index is 7.48. The van der Waals surface area contributed by atoms with Crippen LogP contribution >= 0.6 is 0 Å². The highest BCUT2D eigenvalue weighted by molar-refractivity contribution is 6.94. The monoisotopic (exact) mass is 2020 g/mol. The molecule has 0 spiro atoms. The lowest BCUT2D eigenvalue weighted by Gasteiger charge is -2.37.